The minimum Gasteiger partial charge on any atom is -0.467 e. The van der Waals surface area contributed by atoms with Gasteiger partial charge >= 0.3 is 24.0 Å². The number of rotatable bonds is 13. The third-order valence-electron chi connectivity index (χ3n) is 3.75. The highest BCUT2D eigenvalue weighted by Crippen LogP contribution is 2.09. The fraction of sp³-hybridized carbons (Fsp3) is 0.800. The fourth-order valence-electron chi connectivity index (χ4n) is 2.46. The van der Waals surface area contributed by atoms with Gasteiger partial charge in [0, 0.05) is 6.42 Å². The molecule has 30 heavy (non-hydrogen) atoms. The van der Waals surface area contributed by atoms with E-state index in [1.807, 2.05) is 0 Å². The SMILES string of the molecule is CCOC(=O)CC[C@H](NCCC[C@H](NC(=O)OC(C)(C)C)C(=O)OC)C(=O)OCC. The van der Waals surface area contributed by atoms with Gasteiger partial charge in [-0.15, -0.1) is 0 Å². The van der Waals surface area contributed by atoms with Crippen LogP contribution in [-0.2, 0) is 33.3 Å². The fourth-order valence-corrected chi connectivity index (χ4v) is 2.46. The first kappa shape index (κ1) is 27.6. The molecule has 0 radical (unpaired) electrons. The number of alkyl carbamates (subject to hydrolysis) is 1. The van der Waals surface area contributed by atoms with Gasteiger partial charge < -0.3 is 29.6 Å². The number of esters is 3. The Morgan fingerprint density at radius 2 is 1.53 bits per heavy atom. The Balaban J connectivity index is 4.67. The van der Waals surface area contributed by atoms with E-state index in [1.165, 1.54) is 7.11 Å². The summed E-state index contributed by atoms with van der Waals surface area (Å²) < 4.78 is 19.8. The van der Waals surface area contributed by atoms with Crippen molar-refractivity contribution < 1.29 is 38.1 Å². The van der Waals surface area contributed by atoms with Crippen LogP contribution in [0.5, 0.6) is 0 Å². The van der Waals surface area contributed by atoms with E-state index in [2.05, 4.69) is 10.6 Å². The van der Waals surface area contributed by atoms with Gasteiger partial charge in [0.15, 0.2) is 0 Å². The molecule has 0 unspecified atom stereocenters. The van der Waals surface area contributed by atoms with E-state index in [1.54, 1.807) is 34.6 Å². The van der Waals surface area contributed by atoms with Gasteiger partial charge in [0.25, 0.3) is 0 Å². The molecule has 10 nitrogen and oxygen atoms in total. The van der Waals surface area contributed by atoms with Crippen LogP contribution in [0.4, 0.5) is 4.79 Å². The largest absolute Gasteiger partial charge is 0.467 e. The zero-order chi connectivity index (χ0) is 23.2. The normalized spacial score (nSPS) is 13.0. The Bertz CT molecular complexity index is 559. The molecular weight excluding hydrogens is 396 g/mol. The average molecular weight is 433 g/mol. The number of amides is 1. The molecule has 0 aliphatic carbocycles. The summed E-state index contributed by atoms with van der Waals surface area (Å²) in [5.74, 6) is -1.44. The van der Waals surface area contributed by atoms with Crippen molar-refractivity contribution in [3.05, 3.63) is 0 Å². The van der Waals surface area contributed by atoms with E-state index in [9.17, 15) is 19.2 Å². The van der Waals surface area contributed by atoms with Gasteiger partial charge in [-0.25, -0.2) is 9.59 Å². The maximum absolute atomic E-state index is 12.1. The maximum Gasteiger partial charge on any atom is 0.408 e. The van der Waals surface area contributed by atoms with Crippen LogP contribution >= 0.6 is 0 Å². The van der Waals surface area contributed by atoms with E-state index in [4.69, 9.17) is 18.9 Å². The zero-order valence-corrected chi connectivity index (χ0v) is 18.9. The lowest BCUT2D eigenvalue weighted by Gasteiger charge is -2.23. The van der Waals surface area contributed by atoms with Crippen LogP contribution in [0.25, 0.3) is 0 Å². The van der Waals surface area contributed by atoms with Crippen LogP contribution in [-0.4, -0.2) is 68.6 Å². The Labute approximate surface area is 178 Å². The lowest BCUT2D eigenvalue weighted by atomic mass is 10.1. The Hall–Kier alpha value is -2.36. The molecule has 2 atom stereocenters. The summed E-state index contributed by atoms with van der Waals surface area (Å²) in [4.78, 5) is 47.5. The molecule has 0 heterocycles. The lowest BCUT2D eigenvalue weighted by Crippen LogP contribution is -2.44. The molecule has 0 aliphatic heterocycles. The molecule has 10 heteroatoms. The van der Waals surface area contributed by atoms with Crippen LogP contribution < -0.4 is 10.6 Å². The van der Waals surface area contributed by atoms with Crippen molar-refractivity contribution in [3.63, 3.8) is 0 Å². The minimum absolute atomic E-state index is 0.0787. The first-order valence-electron chi connectivity index (χ1n) is 10.2. The second kappa shape index (κ2) is 14.6. The summed E-state index contributed by atoms with van der Waals surface area (Å²) in [6.45, 7) is 9.42. The third kappa shape index (κ3) is 13.0. The lowest BCUT2D eigenvalue weighted by molar-refractivity contribution is -0.147. The summed E-state index contributed by atoms with van der Waals surface area (Å²) >= 11 is 0. The molecular formula is C20H36N2O8. The van der Waals surface area contributed by atoms with Gasteiger partial charge in [0.05, 0.1) is 20.3 Å². The predicted molar refractivity (Wildman–Crippen MR) is 109 cm³/mol. The van der Waals surface area contributed by atoms with Crippen molar-refractivity contribution >= 4 is 24.0 Å². The maximum atomic E-state index is 12.1. The Morgan fingerprint density at radius 1 is 0.900 bits per heavy atom. The van der Waals surface area contributed by atoms with Crippen LogP contribution in [0, 0.1) is 0 Å². The molecule has 0 saturated heterocycles. The summed E-state index contributed by atoms with van der Waals surface area (Å²) in [5.41, 5.74) is -0.696. The summed E-state index contributed by atoms with van der Waals surface area (Å²) in [6, 6.07) is -1.56. The van der Waals surface area contributed by atoms with Gasteiger partial charge in [-0.2, -0.15) is 0 Å². The standard InChI is InChI=1S/C20H36N2O8/c1-7-28-16(23)12-11-14(18(25)29-8-2)21-13-9-10-15(17(24)27-6)22-19(26)30-20(3,4)5/h14-15,21H,7-13H2,1-6H3,(H,22,26)/t14-,15-/m0/s1. The van der Waals surface area contributed by atoms with Crippen LogP contribution in [0.2, 0.25) is 0 Å². The Morgan fingerprint density at radius 3 is 2.07 bits per heavy atom. The first-order chi connectivity index (χ1) is 14.0. The number of methoxy groups -OCH3 is 1. The molecule has 0 rings (SSSR count). The van der Waals surface area contributed by atoms with Crippen molar-refractivity contribution in [3.8, 4) is 0 Å². The van der Waals surface area contributed by atoms with Gasteiger partial charge in [0.1, 0.15) is 17.7 Å². The topological polar surface area (TPSA) is 129 Å². The molecule has 0 bridgehead atoms. The number of hydrogen-bond acceptors (Lipinski definition) is 9. The van der Waals surface area contributed by atoms with Crippen LogP contribution in [0.3, 0.4) is 0 Å². The highest BCUT2D eigenvalue weighted by molar-refractivity contribution is 5.81. The number of carbonyl (C=O) groups excluding carboxylic acids is 4. The predicted octanol–water partition coefficient (Wildman–Crippen LogP) is 1.70. The summed E-state index contributed by atoms with van der Waals surface area (Å²) in [5, 5.41) is 5.52. The van der Waals surface area contributed by atoms with E-state index < -0.39 is 35.7 Å². The average Bonchev–Trinajstić information content (AvgIpc) is 2.64. The van der Waals surface area contributed by atoms with E-state index in [0.717, 1.165) is 0 Å². The van der Waals surface area contributed by atoms with Gasteiger partial charge in [-0.1, -0.05) is 0 Å². The minimum atomic E-state index is -0.882. The first-order valence-corrected chi connectivity index (χ1v) is 10.2. The highest BCUT2D eigenvalue weighted by Gasteiger charge is 2.25. The molecule has 0 aliphatic rings. The number of hydrogen-bond donors (Lipinski definition) is 2. The number of ether oxygens (including phenoxy) is 4. The quantitative estimate of drug-likeness (QED) is 0.254. The van der Waals surface area contributed by atoms with Crippen molar-refractivity contribution in [1.29, 1.82) is 0 Å². The molecule has 0 spiro atoms. The molecule has 174 valence electrons. The molecule has 0 fully saturated rings. The zero-order valence-electron chi connectivity index (χ0n) is 18.9. The highest BCUT2D eigenvalue weighted by atomic mass is 16.6. The number of nitrogens with one attached hydrogen (secondary N) is 2. The molecule has 0 saturated carbocycles. The van der Waals surface area contributed by atoms with Gasteiger partial charge in [0.2, 0.25) is 0 Å². The Kier molecular flexibility index (Phi) is 13.4. The van der Waals surface area contributed by atoms with Crippen molar-refractivity contribution in [2.45, 2.75) is 78.0 Å². The van der Waals surface area contributed by atoms with Crippen molar-refractivity contribution in [2.24, 2.45) is 0 Å². The molecule has 0 aromatic carbocycles. The second-order valence-corrected chi connectivity index (χ2v) is 7.47. The summed E-state index contributed by atoms with van der Waals surface area (Å²) in [7, 11) is 1.23. The molecule has 0 aromatic rings. The van der Waals surface area contributed by atoms with Gasteiger partial charge in [-0.05, 0) is 60.4 Å². The van der Waals surface area contributed by atoms with Crippen molar-refractivity contribution in [1.82, 2.24) is 10.6 Å². The monoisotopic (exact) mass is 432 g/mol. The van der Waals surface area contributed by atoms with Crippen LogP contribution in [0.1, 0.15) is 60.3 Å². The molecule has 1 amide bonds. The summed E-state index contributed by atoms with van der Waals surface area (Å²) in [6.07, 6.45) is 0.311. The van der Waals surface area contributed by atoms with E-state index >= 15 is 0 Å². The number of carbonyl (C=O) groups is 4. The molecule has 2 N–H and O–H groups in total. The van der Waals surface area contributed by atoms with Crippen LogP contribution in [0.15, 0.2) is 0 Å². The molecule has 0 aromatic heterocycles. The smallest absolute Gasteiger partial charge is 0.408 e. The third-order valence-corrected chi connectivity index (χ3v) is 3.75. The van der Waals surface area contributed by atoms with E-state index in [0.29, 0.717) is 13.0 Å². The van der Waals surface area contributed by atoms with E-state index in [-0.39, 0.29) is 38.4 Å². The second-order valence-electron chi connectivity index (χ2n) is 7.47. The van der Waals surface area contributed by atoms with Crippen molar-refractivity contribution in [2.75, 3.05) is 26.9 Å². The van der Waals surface area contributed by atoms with Gasteiger partial charge in [-0.3, -0.25) is 9.59 Å².